The molecule has 2 aromatic heterocycles. The fourth-order valence-corrected chi connectivity index (χ4v) is 1.07. The Hall–Kier alpha value is -2.47. The summed E-state index contributed by atoms with van der Waals surface area (Å²) in [4.78, 5) is 12.1. The number of rotatable bonds is 1. The molecule has 0 amide bonds. The molecule has 0 unspecified atom stereocenters. The maximum absolute atomic E-state index is 4.09. The molecular weight excluding hydrogens is 198 g/mol. The minimum atomic E-state index is 0.495. The summed E-state index contributed by atoms with van der Waals surface area (Å²) in [5.74, 6) is 6.30. The number of aromatic nitrogens is 3. The van der Waals surface area contributed by atoms with Crippen LogP contribution in [0.1, 0.15) is 17.0 Å². The normalized spacial score (nSPS) is 9.00. The Labute approximate surface area is 93.9 Å². The van der Waals surface area contributed by atoms with Crippen molar-refractivity contribution in [3.63, 3.8) is 0 Å². The quantitative estimate of drug-likeness (QED) is 0.670. The topological polar surface area (TPSA) is 38.7 Å². The van der Waals surface area contributed by atoms with Crippen molar-refractivity contribution in [3.05, 3.63) is 60.5 Å². The maximum atomic E-state index is 4.09. The van der Waals surface area contributed by atoms with Crippen molar-refractivity contribution in [2.45, 2.75) is 0 Å². The minimum absolute atomic E-state index is 0.495. The van der Waals surface area contributed by atoms with Gasteiger partial charge in [-0.25, -0.2) is 9.97 Å². The van der Waals surface area contributed by atoms with Crippen LogP contribution in [0.5, 0.6) is 0 Å². The average molecular weight is 207 g/mol. The lowest BCUT2D eigenvalue weighted by Gasteiger charge is -1.91. The Bertz CT molecular complexity index is 533. The van der Waals surface area contributed by atoms with E-state index in [9.17, 15) is 0 Å². The van der Waals surface area contributed by atoms with E-state index in [2.05, 4.69) is 33.4 Å². The van der Waals surface area contributed by atoms with E-state index < -0.39 is 0 Å². The van der Waals surface area contributed by atoms with Gasteiger partial charge in [0.15, 0.2) is 0 Å². The van der Waals surface area contributed by atoms with Crippen molar-refractivity contribution in [1.29, 1.82) is 0 Å². The van der Waals surface area contributed by atoms with E-state index in [-0.39, 0.29) is 0 Å². The van der Waals surface area contributed by atoms with E-state index in [4.69, 9.17) is 0 Å². The van der Waals surface area contributed by atoms with Gasteiger partial charge >= 0.3 is 0 Å². The zero-order chi connectivity index (χ0) is 11.2. The van der Waals surface area contributed by atoms with Crippen molar-refractivity contribution in [2.24, 2.45) is 0 Å². The summed E-state index contributed by atoms with van der Waals surface area (Å²) in [5, 5.41) is 0. The summed E-state index contributed by atoms with van der Waals surface area (Å²) < 4.78 is 0. The summed E-state index contributed by atoms with van der Waals surface area (Å²) in [5.41, 5.74) is 1.73. The first-order valence-corrected chi connectivity index (χ1v) is 4.75. The first kappa shape index (κ1) is 10.1. The molecule has 0 saturated carbocycles. The molecule has 0 N–H and O–H groups in total. The fourth-order valence-electron chi connectivity index (χ4n) is 1.07. The molecule has 0 atom stereocenters. The molecule has 0 fully saturated rings. The van der Waals surface area contributed by atoms with Crippen LogP contribution < -0.4 is 0 Å². The predicted molar refractivity (Wildman–Crippen MR) is 62.3 cm³/mol. The summed E-state index contributed by atoms with van der Waals surface area (Å²) in [7, 11) is 0. The first-order chi connectivity index (χ1) is 7.88. The molecule has 3 nitrogen and oxygen atoms in total. The minimum Gasteiger partial charge on any atom is -0.263 e. The largest absolute Gasteiger partial charge is 0.263 e. The van der Waals surface area contributed by atoms with Crippen LogP contribution in [0.2, 0.25) is 0 Å². The van der Waals surface area contributed by atoms with Crippen molar-refractivity contribution in [1.82, 2.24) is 15.0 Å². The van der Waals surface area contributed by atoms with E-state index in [0.29, 0.717) is 5.82 Å². The Morgan fingerprint density at radius 1 is 1.12 bits per heavy atom. The second-order valence-corrected chi connectivity index (χ2v) is 3.04. The maximum Gasteiger partial charge on any atom is 0.205 e. The molecule has 76 valence electrons. The highest BCUT2D eigenvalue weighted by atomic mass is 14.8. The molecule has 2 heterocycles. The molecule has 0 bridgehead atoms. The summed E-state index contributed by atoms with van der Waals surface area (Å²) in [6.45, 7) is 3.63. The Morgan fingerprint density at radius 2 is 1.94 bits per heavy atom. The summed E-state index contributed by atoms with van der Waals surface area (Å²) in [6, 6.07) is 3.73. The number of hydrogen-bond acceptors (Lipinski definition) is 3. The number of nitrogens with zero attached hydrogens (tertiary/aromatic N) is 3. The summed E-state index contributed by atoms with van der Waals surface area (Å²) >= 11 is 0. The van der Waals surface area contributed by atoms with Crippen LogP contribution in [-0.4, -0.2) is 15.0 Å². The lowest BCUT2D eigenvalue weighted by atomic mass is 10.3. The molecule has 0 spiro atoms. The van der Waals surface area contributed by atoms with Crippen LogP contribution in [0.25, 0.3) is 6.08 Å². The van der Waals surface area contributed by atoms with Gasteiger partial charge in [0.25, 0.3) is 0 Å². The average Bonchev–Trinajstić information content (AvgIpc) is 2.38. The van der Waals surface area contributed by atoms with Gasteiger partial charge in [-0.2, -0.15) is 0 Å². The van der Waals surface area contributed by atoms with Gasteiger partial charge in [-0.1, -0.05) is 18.6 Å². The molecule has 0 radical (unpaired) electrons. The molecule has 0 aliphatic carbocycles. The van der Waals surface area contributed by atoms with Gasteiger partial charge in [0, 0.05) is 35.9 Å². The lowest BCUT2D eigenvalue weighted by Crippen LogP contribution is -1.88. The highest BCUT2D eigenvalue weighted by Gasteiger charge is 1.90. The zero-order valence-electron chi connectivity index (χ0n) is 8.59. The predicted octanol–water partition coefficient (Wildman–Crippen LogP) is 1.91. The van der Waals surface area contributed by atoms with E-state index >= 15 is 0 Å². The molecule has 0 saturated heterocycles. The molecule has 2 aromatic rings. The van der Waals surface area contributed by atoms with Crippen LogP contribution >= 0.6 is 0 Å². The fraction of sp³-hybridized carbons (Fsp3) is 0. The van der Waals surface area contributed by atoms with Crippen molar-refractivity contribution < 1.29 is 0 Å². The molecule has 2 rings (SSSR count). The third-order valence-corrected chi connectivity index (χ3v) is 1.89. The van der Waals surface area contributed by atoms with Crippen molar-refractivity contribution in [2.75, 3.05) is 0 Å². The Kier molecular flexibility index (Phi) is 3.05. The van der Waals surface area contributed by atoms with Gasteiger partial charge in [0.05, 0.1) is 0 Å². The van der Waals surface area contributed by atoms with E-state index in [1.165, 1.54) is 0 Å². The van der Waals surface area contributed by atoms with Crippen molar-refractivity contribution in [3.8, 4) is 11.8 Å². The molecular formula is C13H9N3. The van der Waals surface area contributed by atoms with Crippen LogP contribution in [0.4, 0.5) is 0 Å². The van der Waals surface area contributed by atoms with Crippen LogP contribution in [0, 0.1) is 11.8 Å². The van der Waals surface area contributed by atoms with E-state index in [0.717, 1.165) is 11.1 Å². The SMILES string of the molecule is C=Cc1cnc(C#Cc2cccnc2)nc1. The van der Waals surface area contributed by atoms with Crippen LogP contribution in [0.15, 0.2) is 43.5 Å². The second kappa shape index (κ2) is 4.85. The molecule has 0 aliphatic heterocycles. The van der Waals surface area contributed by atoms with E-state index in [1.807, 2.05) is 12.1 Å². The monoisotopic (exact) mass is 207 g/mol. The van der Waals surface area contributed by atoms with Crippen molar-refractivity contribution >= 4 is 6.08 Å². The highest BCUT2D eigenvalue weighted by Crippen LogP contribution is 1.97. The first-order valence-electron chi connectivity index (χ1n) is 4.75. The standard InChI is InChI=1S/C13H9N3/c1-2-11-9-15-13(16-10-11)6-5-12-4-3-7-14-8-12/h2-4,7-10H,1H2. The second-order valence-electron chi connectivity index (χ2n) is 3.04. The van der Waals surface area contributed by atoms with Gasteiger partial charge in [-0.3, -0.25) is 4.98 Å². The van der Waals surface area contributed by atoms with Gasteiger partial charge in [0.1, 0.15) is 0 Å². The van der Waals surface area contributed by atoms with Gasteiger partial charge in [0.2, 0.25) is 5.82 Å². The van der Waals surface area contributed by atoms with Crippen LogP contribution in [0.3, 0.4) is 0 Å². The zero-order valence-corrected chi connectivity index (χ0v) is 8.59. The Balaban J connectivity index is 2.21. The van der Waals surface area contributed by atoms with Gasteiger partial charge in [-0.15, -0.1) is 0 Å². The van der Waals surface area contributed by atoms with E-state index in [1.54, 1.807) is 30.9 Å². The lowest BCUT2D eigenvalue weighted by molar-refractivity contribution is 1.12. The Morgan fingerprint density at radius 3 is 2.56 bits per heavy atom. The third kappa shape index (κ3) is 2.52. The van der Waals surface area contributed by atoms with Gasteiger partial charge in [-0.05, 0) is 18.1 Å². The van der Waals surface area contributed by atoms with Crippen LogP contribution in [-0.2, 0) is 0 Å². The third-order valence-electron chi connectivity index (χ3n) is 1.89. The smallest absolute Gasteiger partial charge is 0.205 e. The molecule has 0 aliphatic rings. The molecule has 3 heteroatoms. The number of hydrogen-bond donors (Lipinski definition) is 0. The summed E-state index contributed by atoms with van der Waals surface area (Å²) in [6.07, 6.45) is 8.48. The van der Waals surface area contributed by atoms with Gasteiger partial charge < -0.3 is 0 Å². The molecule has 0 aromatic carbocycles. The molecule has 16 heavy (non-hydrogen) atoms. The highest BCUT2D eigenvalue weighted by molar-refractivity contribution is 5.44. The number of pyridine rings is 1.